The minimum Gasteiger partial charge on any atom is -0.367 e. The Morgan fingerprint density at radius 3 is 2.54 bits per heavy atom. The molecule has 0 aliphatic heterocycles. The molecule has 0 radical (unpaired) electrons. The second kappa shape index (κ2) is 8.04. The highest BCUT2D eigenvalue weighted by atomic mass is 32.1. The van der Waals surface area contributed by atoms with Crippen molar-refractivity contribution < 1.29 is 0 Å². The number of aromatic nitrogens is 3. The molecule has 5 nitrogen and oxygen atoms in total. The third kappa shape index (κ3) is 3.88. The van der Waals surface area contributed by atoms with E-state index < -0.39 is 0 Å². The summed E-state index contributed by atoms with van der Waals surface area (Å²) in [6, 6.07) is 14.2. The van der Waals surface area contributed by atoms with Crippen LogP contribution >= 0.6 is 11.3 Å². The third-order valence-electron chi connectivity index (χ3n) is 4.81. The van der Waals surface area contributed by atoms with E-state index in [1.54, 1.807) is 23.7 Å². The van der Waals surface area contributed by atoms with Crippen LogP contribution in [0.2, 0.25) is 0 Å². The number of thiophene rings is 1. The quantitative estimate of drug-likeness (QED) is 0.513. The average Bonchev–Trinajstić information content (AvgIpc) is 3.02. The number of pyridine rings is 1. The topological polar surface area (TPSA) is 76.7 Å². The van der Waals surface area contributed by atoms with Crippen molar-refractivity contribution in [2.75, 3.05) is 11.9 Å². The standard InChI is InChI=1S/C22H23N5S/c1-14-15(2)28-20-19(14)26-21(17-8-10-24-11-9-17)27-22(20)25-13-18(23)12-16-6-4-3-5-7-16/h3-11,18H,12-13,23H2,1-2H3,(H,25,26,27)/t18-/m0/s1. The number of aryl methyl sites for hydroxylation is 2. The fourth-order valence-corrected chi connectivity index (χ4v) is 4.23. The normalized spacial score (nSPS) is 12.2. The van der Waals surface area contributed by atoms with Gasteiger partial charge in [0.25, 0.3) is 0 Å². The van der Waals surface area contributed by atoms with Gasteiger partial charge in [-0.3, -0.25) is 4.98 Å². The van der Waals surface area contributed by atoms with Gasteiger partial charge in [0.15, 0.2) is 5.82 Å². The second-order valence-corrected chi connectivity index (χ2v) is 8.15. The molecular weight excluding hydrogens is 366 g/mol. The highest BCUT2D eigenvalue weighted by Gasteiger charge is 2.16. The van der Waals surface area contributed by atoms with Crippen LogP contribution in [0.4, 0.5) is 5.82 Å². The first kappa shape index (κ1) is 18.5. The van der Waals surface area contributed by atoms with E-state index in [1.165, 1.54) is 16.0 Å². The van der Waals surface area contributed by atoms with E-state index in [2.05, 4.69) is 36.3 Å². The van der Waals surface area contributed by atoms with Crippen LogP contribution in [0, 0.1) is 13.8 Å². The van der Waals surface area contributed by atoms with Gasteiger partial charge in [0.2, 0.25) is 0 Å². The fraction of sp³-hybridized carbons (Fsp3) is 0.227. The van der Waals surface area contributed by atoms with Crippen molar-refractivity contribution >= 4 is 27.4 Å². The number of rotatable bonds is 6. The van der Waals surface area contributed by atoms with Crippen molar-refractivity contribution in [3.8, 4) is 11.4 Å². The monoisotopic (exact) mass is 389 g/mol. The number of nitrogens with zero attached hydrogens (tertiary/aromatic N) is 3. The van der Waals surface area contributed by atoms with Crippen LogP contribution in [-0.4, -0.2) is 27.5 Å². The Kier molecular flexibility index (Phi) is 5.32. The summed E-state index contributed by atoms with van der Waals surface area (Å²) in [5, 5.41) is 3.48. The maximum atomic E-state index is 6.37. The van der Waals surface area contributed by atoms with Gasteiger partial charge in [-0.25, -0.2) is 9.97 Å². The fourth-order valence-electron chi connectivity index (χ4n) is 3.16. The van der Waals surface area contributed by atoms with E-state index in [0.29, 0.717) is 12.4 Å². The lowest BCUT2D eigenvalue weighted by molar-refractivity contribution is 0.698. The molecule has 4 rings (SSSR count). The second-order valence-electron chi connectivity index (χ2n) is 6.92. The van der Waals surface area contributed by atoms with Gasteiger partial charge < -0.3 is 11.1 Å². The molecule has 0 aliphatic rings. The largest absolute Gasteiger partial charge is 0.367 e. The zero-order valence-electron chi connectivity index (χ0n) is 16.0. The Bertz CT molecular complexity index is 1080. The van der Waals surface area contributed by atoms with Crippen molar-refractivity contribution in [2.45, 2.75) is 26.3 Å². The molecule has 0 spiro atoms. The van der Waals surface area contributed by atoms with Gasteiger partial charge in [-0.05, 0) is 43.5 Å². The molecule has 0 saturated carbocycles. The summed E-state index contributed by atoms with van der Waals surface area (Å²) in [7, 11) is 0. The Hall–Kier alpha value is -2.83. The maximum Gasteiger partial charge on any atom is 0.162 e. The van der Waals surface area contributed by atoms with E-state index in [9.17, 15) is 0 Å². The lowest BCUT2D eigenvalue weighted by Crippen LogP contribution is -2.31. The molecule has 3 heterocycles. The van der Waals surface area contributed by atoms with E-state index >= 15 is 0 Å². The molecule has 0 saturated heterocycles. The van der Waals surface area contributed by atoms with Gasteiger partial charge in [0.05, 0.1) is 10.2 Å². The maximum absolute atomic E-state index is 6.37. The Balaban J connectivity index is 1.63. The Labute approximate surface area is 168 Å². The first-order chi connectivity index (χ1) is 13.6. The smallest absolute Gasteiger partial charge is 0.162 e. The van der Waals surface area contributed by atoms with Crippen LogP contribution in [0.3, 0.4) is 0 Å². The molecule has 3 N–H and O–H groups in total. The molecule has 0 amide bonds. The van der Waals surface area contributed by atoms with E-state index in [-0.39, 0.29) is 6.04 Å². The van der Waals surface area contributed by atoms with Crippen LogP contribution in [-0.2, 0) is 6.42 Å². The number of anilines is 1. The molecule has 1 atom stereocenters. The van der Waals surface area contributed by atoms with Gasteiger partial charge in [-0.2, -0.15) is 0 Å². The summed E-state index contributed by atoms with van der Waals surface area (Å²) >= 11 is 1.72. The minimum atomic E-state index is -0.000975. The molecule has 4 aromatic rings. The molecule has 3 aromatic heterocycles. The molecule has 6 heteroatoms. The lowest BCUT2D eigenvalue weighted by Gasteiger charge is -2.14. The highest BCUT2D eigenvalue weighted by Crippen LogP contribution is 2.34. The summed E-state index contributed by atoms with van der Waals surface area (Å²) < 4.78 is 1.08. The van der Waals surface area contributed by atoms with E-state index in [1.807, 2.05) is 30.3 Å². The predicted octanol–water partition coefficient (Wildman–Crippen LogP) is 4.35. The molecule has 0 aliphatic carbocycles. The predicted molar refractivity (Wildman–Crippen MR) is 117 cm³/mol. The summed E-state index contributed by atoms with van der Waals surface area (Å²) in [4.78, 5) is 15.0. The van der Waals surface area contributed by atoms with Gasteiger partial charge in [-0.15, -0.1) is 11.3 Å². The number of hydrogen-bond acceptors (Lipinski definition) is 6. The number of nitrogens with two attached hydrogens (primary N) is 1. The first-order valence-electron chi connectivity index (χ1n) is 9.33. The molecule has 1 aromatic carbocycles. The number of nitrogens with one attached hydrogen (secondary N) is 1. The van der Waals surface area contributed by atoms with Gasteiger partial charge in [-0.1, -0.05) is 30.3 Å². The molecule has 0 bridgehead atoms. The van der Waals surface area contributed by atoms with E-state index in [4.69, 9.17) is 15.7 Å². The average molecular weight is 390 g/mol. The van der Waals surface area contributed by atoms with Crippen molar-refractivity contribution in [1.82, 2.24) is 15.0 Å². The Morgan fingerprint density at radius 2 is 1.79 bits per heavy atom. The van der Waals surface area contributed by atoms with E-state index in [0.717, 1.165) is 28.0 Å². The van der Waals surface area contributed by atoms with Crippen LogP contribution in [0.25, 0.3) is 21.6 Å². The first-order valence-corrected chi connectivity index (χ1v) is 10.1. The van der Waals surface area contributed by atoms with Crippen molar-refractivity contribution in [2.24, 2.45) is 5.73 Å². The molecule has 0 unspecified atom stereocenters. The summed E-state index contributed by atoms with van der Waals surface area (Å²) in [6.07, 6.45) is 4.34. The van der Waals surface area contributed by atoms with Gasteiger partial charge in [0.1, 0.15) is 5.82 Å². The van der Waals surface area contributed by atoms with Crippen molar-refractivity contribution in [1.29, 1.82) is 0 Å². The summed E-state index contributed by atoms with van der Waals surface area (Å²) in [5.41, 5.74) is 10.8. The number of benzene rings is 1. The Morgan fingerprint density at radius 1 is 1.04 bits per heavy atom. The van der Waals surface area contributed by atoms with Crippen LogP contribution in [0.1, 0.15) is 16.0 Å². The molecular formula is C22H23N5S. The highest BCUT2D eigenvalue weighted by molar-refractivity contribution is 7.19. The number of hydrogen-bond donors (Lipinski definition) is 2. The van der Waals surface area contributed by atoms with Gasteiger partial charge in [0, 0.05) is 35.4 Å². The van der Waals surface area contributed by atoms with Crippen LogP contribution < -0.4 is 11.1 Å². The molecule has 0 fully saturated rings. The van der Waals surface area contributed by atoms with Crippen molar-refractivity contribution in [3.05, 3.63) is 70.9 Å². The zero-order chi connectivity index (χ0) is 19.5. The van der Waals surface area contributed by atoms with Crippen molar-refractivity contribution in [3.63, 3.8) is 0 Å². The lowest BCUT2D eigenvalue weighted by atomic mass is 10.1. The molecule has 28 heavy (non-hydrogen) atoms. The minimum absolute atomic E-state index is 0.000975. The summed E-state index contributed by atoms with van der Waals surface area (Å²) in [6.45, 7) is 4.88. The van der Waals surface area contributed by atoms with Crippen LogP contribution in [0.5, 0.6) is 0 Å². The molecule has 142 valence electrons. The van der Waals surface area contributed by atoms with Gasteiger partial charge >= 0.3 is 0 Å². The SMILES string of the molecule is Cc1sc2c(NC[C@@H](N)Cc3ccccc3)nc(-c3ccncc3)nc2c1C. The zero-order valence-corrected chi connectivity index (χ0v) is 16.8. The summed E-state index contributed by atoms with van der Waals surface area (Å²) in [5.74, 6) is 1.55. The number of fused-ring (bicyclic) bond motifs is 1. The van der Waals surface area contributed by atoms with Crippen LogP contribution in [0.15, 0.2) is 54.9 Å². The third-order valence-corrected chi connectivity index (χ3v) is 6.02.